The first-order valence-corrected chi connectivity index (χ1v) is 5.05. The molecular weight excluding hydrogens is 180 g/mol. The molecule has 0 aromatic carbocycles. The number of carbonyl (C=O) groups is 1. The van der Waals surface area contributed by atoms with Crippen molar-refractivity contribution in [2.75, 3.05) is 6.61 Å². The number of nitrogens with one attached hydrogen (secondary N) is 1. The van der Waals surface area contributed by atoms with Crippen LogP contribution < -0.4 is 11.1 Å². The third-order valence-corrected chi connectivity index (χ3v) is 2.57. The lowest BCUT2D eigenvalue weighted by atomic mass is 9.97. The summed E-state index contributed by atoms with van der Waals surface area (Å²) in [6, 6.07) is -0.211. The first-order valence-electron chi connectivity index (χ1n) is 5.05. The zero-order valence-corrected chi connectivity index (χ0v) is 9.50. The molecule has 4 N–H and O–H groups in total. The number of aliphatic hydroxyl groups is 1. The SMILES string of the molecule is CCC(C)(N)C(=O)NC(CO)C(C)C. The Balaban J connectivity index is 4.30. The highest BCUT2D eigenvalue weighted by molar-refractivity contribution is 5.85. The zero-order valence-electron chi connectivity index (χ0n) is 9.50. The van der Waals surface area contributed by atoms with Crippen molar-refractivity contribution < 1.29 is 9.90 Å². The van der Waals surface area contributed by atoms with Gasteiger partial charge in [-0.2, -0.15) is 0 Å². The van der Waals surface area contributed by atoms with Crippen LogP contribution in [0.2, 0.25) is 0 Å². The van der Waals surface area contributed by atoms with Gasteiger partial charge in [-0.1, -0.05) is 20.8 Å². The molecule has 0 aliphatic heterocycles. The van der Waals surface area contributed by atoms with Gasteiger partial charge in [0.15, 0.2) is 0 Å². The predicted octanol–water partition coefficient (Wildman–Crippen LogP) is 0.247. The maximum atomic E-state index is 11.6. The molecule has 0 radical (unpaired) electrons. The van der Waals surface area contributed by atoms with Gasteiger partial charge < -0.3 is 16.2 Å². The monoisotopic (exact) mass is 202 g/mol. The lowest BCUT2D eigenvalue weighted by molar-refractivity contribution is -0.127. The summed E-state index contributed by atoms with van der Waals surface area (Å²) in [7, 11) is 0. The first-order chi connectivity index (χ1) is 6.35. The number of carbonyl (C=O) groups excluding carboxylic acids is 1. The molecule has 4 heteroatoms. The van der Waals surface area contributed by atoms with Crippen molar-refractivity contribution in [3.05, 3.63) is 0 Å². The van der Waals surface area contributed by atoms with E-state index in [0.29, 0.717) is 6.42 Å². The van der Waals surface area contributed by atoms with Crippen LogP contribution in [-0.2, 0) is 4.79 Å². The molecule has 0 aromatic rings. The topological polar surface area (TPSA) is 75.4 Å². The Kier molecular flexibility index (Phi) is 5.08. The summed E-state index contributed by atoms with van der Waals surface area (Å²) in [6.45, 7) is 7.39. The Morgan fingerprint density at radius 1 is 1.57 bits per heavy atom. The average Bonchev–Trinajstić information content (AvgIpc) is 2.12. The Morgan fingerprint density at radius 3 is 2.36 bits per heavy atom. The standard InChI is InChI=1S/C10H22N2O2/c1-5-10(4,11)9(14)12-8(6-13)7(2)3/h7-8,13H,5-6,11H2,1-4H3,(H,12,14). The number of amides is 1. The molecule has 0 heterocycles. The second kappa shape index (κ2) is 5.32. The summed E-state index contributed by atoms with van der Waals surface area (Å²) in [4.78, 5) is 11.6. The quantitative estimate of drug-likeness (QED) is 0.598. The van der Waals surface area contributed by atoms with E-state index < -0.39 is 5.54 Å². The Morgan fingerprint density at radius 2 is 2.07 bits per heavy atom. The highest BCUT2D eigenvalue weighted by atomic mass is 16.3. The van der Waals surface area contributed by atoms with E-state index in [-0.39, 0.29) is 24.5 Å². The van der Waals surface area contributed by atoms with Gasteiger partial charge in [-0.3, -0.25) is 4.79 Å². The van der Waals surface area contributed by atoms with E-state index in [9.17, 15) is 4.79 Å². The molecule has 0 aromatic heterocycles. The maximum Gasteiger partial charge on any atom is 0.240 e. The molecule has 4 nitrogen and oxygen atoms in total. The predicted molar refractivity (Wildman–Crippen MR) is 56.7 cm³/mol. The van der Waals surface area contributed by atoms with E-state index >= 15 is 0 Å². The van der Waals surface area contributed by atoms with E-state index in [2.05, 4.69) is 5.32 Å². The largest absolute Gasteiger partial charge is 0.394 e. The minimum atomic E-state index is -0.845. The third-order valence-electron chi connectivity index (χ3n) is 2.57. The fourth-order valence-corrected chi connectivity index (χ4v) is 0.917. The fraction of sp³-hybridized carbons (Fsp3) is 0.900. The number of hydrogen-bond donors (Lipinski definition) is 3. The van der Waals surface area contributed by atoms with E-state index in [1.807, 2.05) is 20.8 Å². The van der Waals surface area contributed by atoms with Gasteiger partial charge in [0.05, 0.1) is 18.2 Å². The molecule has 2 unspecified atom stereocenters. The van der Waals surface area contributed by atoms with Crippen LogP contribution in [0, 0.1) is 5.92 Å². The number of rotatable bonds is 5. The van der Waals surface area contributed by atoms with Crippen LogP contribution in [-0.4, -0.2) is 29.2 Å². The highest BCUT2D eigenvalue weighted by Crippen LogP contribution is 2.07. The molecule has 0 fully saturated rings. The molecule has 0 aliphatic carbocycles. The van der Waals surface area contributed by atoms with E-state index in [1.54, 1.807) is 6.92 Å². The zero-order chi connectivity index (χ0) is 11.4. The molecule has 14 heavy (non-hydrogen) atoms. The lowest BCUT2D eigenvalue weighted by Crippen LogP contribution is -2.55. The van der Waals surface area contributed by atoms with Gasteiger partial charge in [0.2, 0.25) is 5.91 Å². The summed E-state index contributed by atoms with van der Waals surface area (Å²) in [5, 5.41) is 11.8. The van der Waals surface area contributed by atoms with Gasteiger partial charge in [-0.25, -0.2) is 0 Å². The maximum absolute atomic E-state index is 11.6. The van der Waals surface area contributed by atoms with Gasteiger partial charge in [-0.05, 0) is 19.3 Å². The van der Waals surface area contributed by atoms with Crippen molar-refractivity contribution in [2.24, 2.45) is 11.7 Å². The van der Waals surface area contributed by atoms with E-state index in [4.69, 9.17) is 10.8 Å². The van der Waals surface area contributed by atoms with Crippen LogP contribution >= 0.6 is 0 Å². The van der Waals surface area contributed by atoms with Crippen LogP contribution in [0.25, 0.3) is 0 Å². The number of aliphatic hydroxyl groups excluding tert-OH is 1. The lowest BCUT2D eigenvalue weighted by Gasteiger charge is -2.27. The third kappa shape index (κ3) is 3.64. The van der Waals surface area contributed by atoms with Crippen molar-refractivity contribution in [1.29, 1.82) is 0 Å². The molecule has 0 spiro atoms. The summed E-state index contributed by atoms with van der Waals surface area (Å²) < 4.78 is 0. The van der Waals surface area contributed by atoms with Crippen LogP contribution in [0.3, 0.4) is 0 Å². The molecule has 0 bridgehead atoms. The minimum Gasteiger partial charge on any atom is -0.394 e. The second-order valence-electron chi connectivity index (χ2n) is 4.28. The van der Waals surface area contributed by atoms with Gasteiger partial charge in [-0.15, -0.1) is 0 Å². The summed E-state index contributed by atoms with van der Waals surface area (Å²) in [5.41, 5.74) is 4.92. The van der Waals surface area contributed by atoms with Gasteiger partial charge in [0.1, 0.15) is 0 Å². The first kappa shape index (κ1) is 13.4. The van der Waals surface area contributed by atoms with Gasteiger partial charge >= 0.3 is 0 Å². The van der Waals surface area contributed by atoms with Crippen molar-refractivity contribution in [3.63, 3.8) is 0 Å². The van der Waals surface area contributed by atoms with Crippen LogP contribution in [0.4, 0.5) is 0 Å². The second-order valence-corrected chi connectivity index (χ2v) is 4.28. The van der Waals surface area contributed by atoms with Gasteiger partial charge in [0.25, 0.3) is 0 Å². The average molecular weight is 202 g/mol. The molecule has 0 aliphatic rings. The van der Waals surface area contributed by atoms with Crippen molar-refractivity contribution in [2.45, 2.75) is 45.7 Å². The number of nitrogens with two attached hydrogens (primary N) is 1. The van der Waals surface area contributed by atoms with Crippen molar-refractivity contribution in [3.8, 4) is 0 Å². The van der Waals surface area contributed by atoms with Crippen molar-refractivity contribution in [1.82, 2.24) is 5.32 Å². The summed E-state index contributed by atoms with van der Waals surface area (Å²) in [5.74, 6) is 0.00403. The van der Waals surface area contributed by atoms with Crippen LogP contribution in [0.5, 0.6) is 0 Å². The molecule has 0 saturated heterocycles. The van der Waals surface area contributed by atoms with Crippen molar-refractivity contribution >= 4 is 5.91 Å². The number of hydrogen-bond acceptors (Lipinski definition) is 3. The molecule has 0 saturated carbocycles. The molecule has 2 atom stereocenters. The Hall–Kier alpha value is -0.610. The van der Waals surface area contributed by atoms with E-state index in [0.717, 1.165) is 0 Å². The Bertz CT molecular complexity index is 191. The van der Waals surface area contributed by atoms with Crippen LogP contribution in [0.15, 0.2) is 0 Å². The summed E-state index contributed by atoms with van der Waals surface area (Å²) in [6.07, 6.45) is 0.578. The minimum absolute atomic E-state index is 0.0524. The molecule has 0 rings (SSSR count). The highest BCUT2D eigenvalue weighted by Gasteiger charge is 2.28. The smallest absolute Gasteiger partial charge is 0.240 e. The molecule has 1 amide bonds. The molecule has 84 valence electrons. The molecular formula is C10H22N2O2. The van der Waals surface area contributed by atoms with E-state index in [1.165, 1.54) is 0 Å². The fourth-order valence-electron chi connectivity index (χ4n) is 0.917. The summed E-state index contributed by atoms with van der Waals surface area (Å²) >= 11 is 0. The van der Waals surface area contributed by atoms with Crippen LogP contribution in [0.1, 0.15) is 34.1 Å². The normalized spacial score (nSPS) is 17.6. The Labute approximate surface area is 85.9 Å². The van der Waals surface area contributed by atoms with Gasteiger partial charge in [0, 0.05) is 0 Å².